The second kappa shape index (κ2) is 5.15. The van der Waals surface area contributed by atoms with E-state index in [2.05, 4.69) is 11.0 Å². The predicted molar refractivity (Wildman–Crippen MR) is 97.3 cm³/mol. The van der Waals surface area contributed by atoms with Crippen molar-refractivity contribution in [2.24, 2.45) is 17.6 Å². The maximum Gasteiger partial charge on any atom is 0.165 e. The summed E-state index contributed by atoms with van der Waals surface area (Å²) >= 11 is 0. The molecule has 1 spiro atoms. The van der Waals surface area contributed by atoms with Crippen LogP contribution in [-0.2, 0) is 11.8 Å². The van der Waals surface area contributed by atoms with Crippen LogP contribution >= 0.6 is 0 Å². The van der Waals surface area contributed by atoms with Gasteiger partial charge in [-0.25, -0.2) is 0 Å². The van der Waals surface area contributed by atoms with Gasteiger partial charge < -0.3 is 20.7 Å². The van der Waals surface area contributed by atoms with Crippen molar-refractivity contribution in [3.8, 4) is 11.5 Å². The van der Waals surface area contributed by atoms with E-state index in [-0.39, 0.29) is 35.3 Å². The first-order valence-electron chi connectivity index (χ1n) is 10.3. The Morgan fingerprint density at radius 3 is 2.88 bits per heavy atom. The van der Waals surface area contributed by atoms with Crippen LogP contribution in [0.15, 0.2) is 12.1 Å². The van der Waals surface area contributed by atoms with Gasteiger partial charge >= 0.3 is 0 Å². The third kappa shape index (κ3) is 1.87. The van der Waals surface area contributed by atoms with Crippen LogP contribution in [0.1, 0.15) is 43.2 Å². The number of phenols is 1. The van der Waals surface area contributed by atoms with Crippen molar-refractivity contribution in [3.05, 3.63) is 23.3 Å². The molecule has 1 saturated heterocycles. The van der Waals surface area contributed by atoms with Crippen molar-refractivity contribution >= 4 is 0 Å². The van der Waals surface area contributed by atoms with E-state index in [4.69, 9.17) is 10.5 Å². The molecule has 26 heavy (non-hydrogen) atoms. The van der Waals surface area contributed by atoms with Gasteiger partial charge in [0.2, 0.25) is 0 Å². The fraction of sp³-hybridized carbons (Fsp3) is 0.714. The Balaban J connectivity index is 1.55. The number of nitrogens with zero attached hydrogens (tertiary/aromatic N) is 1. The highest BCUT2D eigenvalue weighted by Gasteiger charge is 2.66. The number of aromatic hydroxyl groups is 1. The van der Waals surface area contributed by atoms with Crippen molar-refractivity contribution in [3.63, 3.8) is 0 Å². The van der Waals surface area contributed by atoms with Crippen molar-refractivity contribution < 1.29 is 14.9 Å². The molecule has 140 valence electrons. The number of hydrogen-bond donors (Lipinski definition) is 3. The van der Waals surface area contributed by atoms with E-state index in [1.54, 1.807) is 6.07 Å². The summed E-state index contributed by atoms with van der Waals surface area (Å²) in [6.45, 7) is 2.22. The minimum atomic E-state index is -0.344. The maximum absolute atomic E-state index is 11.2. The van der Waals surface area contributed by atoms with E-state index in [9.17, 15) is 10.2 Å². The second-order valence-electron chi connectivity index (χ2n) is 9.32. The summed E-state index contributed by atoms with van der Waals surface area (Å²) in [5.74, 6) is 1.88. The number of aliphatic hydroxyl groups excluding tert-OH is 1. The van der Waals surface area contributed by atoms with E-state index in [0.29, 0.717) is 11.8 Å². The number of ether oxygens (including phenoxy) is 1. The molecule has 0 radical (unpaired) electrons. The molecule has 1 aromatic rings. The van der Waals surface area contributed by atoms with Gasteiger partial charge in [0.15, 0.2) is 11.5 Å². The summed E-state index contributed by atoms with van der Waals surface area (Å²) in [6.07, 6.45) is 5.69. The summed E-state index contributed by atoms with van der Waals surface area (Å²) in [5, 5.41) is 21.7. The van der Waals surface area contributed by atoms with Gasteiger partial charge in [-0.05, 0) is 62.6 Å². The average molecular weight is 356 g/mol. The maximum atomic E-state index is 11.2. The van der Waals surface area contributed by atoms with E-state index in [1.165, 1.54) is 30.5 Å². The van der Waals surface area contributed by atoms with Gasteiger partial charge in [-0.15, -0.1) is 0 Å². The molecule has 3 fully saturated rings. The minimum absolute atomic E-state index is 0.0944. The zero-order chi connectivity index (χ0) is 17.6. The molecule has 5 aliphatic rings. The molecule has 5 heteroatoms. The Labute approximate surface area is 154 Å². The largest absolute Gasteiger partial charge is 0.504 e. The summed E-state index contributed by atoms with van der Waals surface area (Å²) in [6, 6.07) is 4.12. The number of rotatable bonds is 2. The molecule has 1 unspecified atom stereocenters. The highest BCUT2D eigenvalue weighted by Crippen LogP contribution is 2.63. The second-order valence-corrected chi connectivity index (χ2v) is 9.32. The first-order chi connectivity index (χ1) is 12.6. The summed E-state index contributed by atoms with van der Waals surface area (Å²) in [5.41, 5.74) is 8.81. The lowest BCUT2D eigenvalue weighted by Crippen LogP contribution is -2.67. The van der Waals surface area contributed by atoms with Gasteiger partial charge in [-0.3, -0.25) is 4.90 Å². The standard InChI is InChI=1S/C21H28N2O3/c22-13-4-6-15(24)18-14-9-12-3-5-16(25)19-17(12)21(18,20(13)26-19)7-8-23(14)10-11-1-2-11/h3,5,11,13-15,18,20,24-25H,1-2,4,6-10,22H2/t13-,14+,15-,18?,20-,21+/m0/s1. The molecular weight excluding hydrogens is 328 g/mol. The summed E-state index contributed by atoms with van der Waals surface area (Å²) in [4.78, 5) is 2.65. The predicted octanol–water partition coefficient (Wildman–Crippen LogP) is 1.53. The van der Waals surface area contributed by atoms with Crippen LogP contribution in [0.2, 0.25) is 0 Å². The number of nitrogens with two attached hydrogens (primary N) is 1. The minimum Gasteiger partial charge on any atom is -0.504 e. The molecule has 2 saturated carbocycles. The SMILES string of the molecule is N[C@H]1CC[C@H](O)C2[C@H]3Cc4ccc(O)c5c4[C@@]2(CCN3CC2CC2)[C@H]1O5. The molecule has 1 aromatic carbocycles. The molecule has 3 aliphatic carbocycles. The van der Waals surface area contributed by atoms with Crippen LogP contribution in [0, 0.1) is 11.8 Å². The molecule has 0 aromatic heterocycles. The van der Waals surface area contributed by atoms with Crippen LogP contribution in [0.4, 0.5) is 0 Å². The lowest BCUT2D eigenvalue weighted by molar-refractivity contribution is -0.0752. The number of likely N-dealkylation sites (tertiary alicyclic amines) is 1. The Bertz CT molecular complexity index is 764. The molecule has 6 atom stereocenters. The summed E-state index contributed by atoms with van der Waals surface area (Å²) < 4.78 is 6.37. The van der Waals surface area contributed by atoms with E-state index < -0.39 is 0 Å². The van der Waals surface area contributed by atoms with E-state index in [0.717, 1.165) is 38.1 Å². The van der Waals surface area contributed by atoms with Crippen LogP contribution in [0.25, 0.3) is 0 Å². The lowest BCUT2D eigenvalue weighted by Gasteiger charge is -2.57. The normalized spacial score (nSPS) is 43.5. The third-order valence-corrected chi connectivity index (χ3v) is 7.95. The zero-order valence-electron chi connectivity index (χ0n) is 15.1. The molecule has 4 N–H and O–H groups in total. The van der Waals surface area contributed by atoms with Crippen molar-refractivity contribution in [1.82, 2.24) is 4.90 Å². The fourth-order valence-corrected chi connectivity index (χ4v) is 6.75. The number of aliphatic hydroxyl groups is 1. The van der Waals surface area contributed by atoms with Crippen LogP contribution in [0.5, 0.6) is 11.5 Å². The number of hydrogen-bond acceptors (Lipinski definition) is 5. The monoisotopic (exact) mass is 356 g/mol. The van der Waals surface area contributed by atoms with Gasteiger partial charge in [-0.1, -0.05) is 6.07 Å². The third-order valence-electron chi connectivity index (χ3n) is 7.95. The Kier molecular flexibility index (Phi) is 3.11. The molecule has 2 heterocycles. The molecule has 6 rings (SSSR count). The van der Waals surface area contributed by atoms with Crippen molar-refractivity contribution in [1.29, 1.82) is 0 Å². The zero-order valence-corrected chi connectivity index (χ0v) is 15.1. The fourth-order valence-electron chi connectivity index (χ4n) is 6.75. The van der Waals surface area contributed by atoms with Crippen LogP contribution < -0.4 is 10.5 Å². The molecule has 0 amide bonds. The Morgan fingerprint density at radius 2 is 2.08 bits per heavy atom. The van der Waals surface area contributed by atoms with Gasteiger partial charge in [0, 0.05) is 35.5 Å². The van der Waals surface area contributed by atoms with Gasteiger partial charge in [-0.2, -0.15) is 0 Å². The quantitative estimate of drug-likeness (QED) is 0.749. The van der Waals surface area contributed by atoms with Gasteiger partial charge in [0.25, 0.3) is 0 Å². The van der Waals surface area contributed by atoms with E-state index >= 15 is 0 Å². The first-order valence-corrected chi connectivity index (χ1v) is 10.3. The first kappa shape index (κ1) is 15.7. The molecular formula is C21H28N2O3. The molecule has 5 nitrogen and oxygen atoms in total. The Morgan fingerprint density at radius 1 is 1.23 bits per heavy atom. The highest BCUT2D eigenvalue weighted by atomic mass is 16.5. The highest BCUT2D eigenvalue weighted by molar-refractivity contribution is 5.60. The van der Waals surface area contributed by atoms with Crippen LogP contribution in [0.3, 0.4) is 0 Å². The average Bonchev–Trinajstić information content (AvgIpc) is 3.39. The topological polar surface area (TPSA) is 79.0 Å². The van der Waals surface area contributed by atoms with Crippen molar-refractivity contribution in [2.45, 2.75) is 68.2 Å². The van der Waals surface area contributed by atoms with Gasteiger partial charge in [0.05, 0.1) is 6.10 Å². The Hall–Kier alpha value is -1.30. The molecule has 2 aliphatic heterocycles. The molecule has 2 bridgehead atoms. The lowest BCUT2D eigenvalue weighted by atomic mass is 9.54. The number of phenolic OH excluding ortho intramolecular Hbond substituents is 1. The number of benzene rings is 1. The number of piperidine rings is 1. The van der Waals surface area contributed by atoms with E-state index in [1.807, 2.05) is 0 Å². The van der Waals surface area contributed by atoms with Crippen molar-refractivity contribution in [2.75, 3.05) is 13.1 Å². The smallest absolute Gasteiger partial charge is 0.165 e. The summed E-state index contributed by atoms with van der Waals surface area (Å²) in [7, 11) is 0. The van der Waals surface area contributed by atoms with Gasteiger partial charge in [0.1, 0.15) is 6.10 Å². The van der Waals surface area contributed by atoms with Crippen LogP contribution in [-0.4, -0.2) is 52.5 Å².